The molecule has 1 aliphatic heterocycles. The van der Waals surface area contributed by atoms with Crippen LogP contribution >= 0.6 is 12.2 Å². The summed E-state index contributed by atoms with van der Waals surface area (Å²) in [6.45, 7) is 3.75. The second-order valence-corrected chi connectivity index (χ2v) is 6.10. The maximum absolute atomic E-state index is 11.0. The Labute approximate surface area is 144 Å². The highest BCUT2D eigenvalue weighted by Crippen LogP contribution is 2.31. The van der Waals surface area contributed by atoms with Crippen molar-refractivity contribution >= 4 is 23.6 Å². The number of anilines is 1. The Balaban J connectivity index is 1.91. The number of nitro benzene ring substituents is 1. The number of aliphatic hydroxyl groups is 1. The summed E-state index contributed by atoms with van der Waals surface area (Å²) in [6, 6.07) is 4.94. The van der Waals surface area contributed by atoms with Crippen molar-refractivity contribution in [3.05, 3.63) is 44.5 Å². The third kappa shape index (κ3) is 2.92. The maximum Gasteiger partial charge on any atom is 0.271 e. The molecule has 9 heteroatoms. The van der Waals surface area contributed by atoms with E-state index in [4.69, 9.17) is 12.2 Å². The second-order valence-electron chi connectivity index (χ2n) is 5.73. The number of nitro groups is 1. The Hall–Kier alpha value is -2.26. The molecule has 0 fully saturated rings. The average Bonchev–Trinajstić information content (AvgIpc) is 3.10. The van der Waals surface area contributed by atoms with E-state index in [0.717, 1.165) is 30.6 Å². The lowest BCUT2D eigenvalue weighted by atomic mass is 10.1. The van der Waals surface area contributed by atoms with Gasteiger partial charge in [-0.25, -0.2) is 4.68 Å². The van der Waals surface area contributed by atoms with E-state index < -0.39 is 0 Å². The largest absolute Gasteiger partial charge is 0.388 e. The van der Waals surface area contributed by atoms with Crippen LogP contribution < -0.4 is 4.90 Å². The fourth-order valence-corrected chi connectivity index (χ4v) is 3.29. The van der Waals surface area contributed by atoms with Crippen molar-refractivity contribution in [1.29, 1.82) is 0 Å². The van der Waals surface area contributed by atoms with Crippen molar-refractivity contribution < 1.29 is 10.0 Å². The van der Waals surface area contributed by atoms with Gasteiger partial charge in [0.2, 0.25) is 0 Å². The Morgan fingerprint density at radius 3 is 2.92 bits per heavy atom. The minimum Gasteiger partial charge on any atom is -0.388 e. The molecule has 1 aromatic carbocycles. The molecular weight excluding hydrogens is 330 g/mol. The zero-order valence-electron chi connectivity index (χ0n) is 13.4. The van der Waals surface area contributed by atoms with Crippen LogP contribution in [0.4, 0.5) is 11.4 Å². The normalized spacial score (nSPS) is 13.3. The van der Waals surface area contributed by atoms with Crippen LogP contribution in [-0.4, -0.2) is 30.9 Å². The van der Waals surface area contributed by atoms with Crippen LogP contribution in [-0.2, 0) is 26.2 Å². The summed E-state index contributed by atoms with van der Waals surface area (Å²) >= 11 is 5.46. The molecule has 1 N–H and O–H groups in total. The van der Waals surface area contributed by atoms with Crippen molar-refractivity contribution in [3.63, 3.8) is 0 Å². The van der Waals surface area contributed by atoms with E-state index in [1.54, 1.807) is 10.7 Å². The smallest absolute Gasteiger partial charge is 0.271 e. The molecule has 0 radical (unpaired) electrons. The van der Waals surface area contributed by atoms with Crippen LogP contribution in [0, 0.1) is 14.9 Å². The number of benzene rings is 1. The van der Waals surface area contributed by atoms with Gasteiger partial charge in [0.15, 0.2) is 10.6 Å². The quantitative estimate of drug-likeness (QED) is 0.489. The number of aliphatic hydroxyl groups excluding tert-OH is 1. The predicted molar refractivity (Wildman–Crippen MR) is 91.4 cm³/mol. The molecular formula is C15H19N5O3S. The summed E-state index contributed by atoms with van der Waals surface area (Å²) in [6.07, 6.45) is 1.73. The van der Waals surface area contributed by atoms with E-state index in [2.05, 4.69) is 5.10 Å². The first-order valence-electron chi connectivity index (χ1n) is 7.84. The molecule has 8 nitrogen and oxygen atoms in total. The fourth-order valence-electron chi connectivity index (χ4n) is 3.00. The molecule has 2 aromatic rings. The van der Waals surface area contributed by atoms with Gasteiger partial charge in [-0.2, -0.15) is 5.10 Å². The van der Waals surface area contributed by atoms with Gasteiger partial charge >= 0.3 is 0 Å². The SMILES string of the molecule is CCCn1c(CO)nn(CN2CCc3ccc([N+](=O)[O-])cc32)c1=S. The van der Waals surface area contributed by atoms with Gasteiger partial charge in [0.1, 0.15) is 13.3 Å². The number of rotatable bonds is 6. The summed E-state index contributed by atoms with van der Waals surface area (Å²) in [5.41, 5.74) is 2.01. The lowest BCUT2D eigenvalue weighted by Gasteiger charge is -2.18. The number of hydrogen-bond acceptors (Lipinski definition) is 6. The third-order valence-corrected chi connectivity index (χ3v) is 4.60. The molecule has 1 aromatic heterocycles. The van der Waals surface area contributed by atoms with Crippen LogP contribution in [0.1, 0.15) is 24.7 Å². The summed E-state index contributed by atoms with van der Waals surface area (Å²) in [5.74, 6) is 0.542. The maximum atomic E-state index is 11.0. The molecule has 24 heavy (non-hydrogen) atoms. The highest BCUT2D eigenvalue weighted by atomic mass is 32.1. The van der Waals surface area contributed by atoms with Gasteiger partial charge in [-0.3, -0.25) is 10.1 Å². The standard InChI is InChI=1S/C15H19N5O3S/c1-2-6-18-14(9-21)16-19(15(18)24)10-17-7-5-11-3-4-12(20(22)23)8-13(11)17/h3-4,8,21H,2,5-7,9-10H2,1H3. The highest BCUT2D eigenvalue weighted by molar-refractivity contribution is 7.71. The summed E-state index contributed by atoms with van der Waals surface area (Å²) in [5, 5.41) is 24.9. The third-order valence-electron chi connectivity index (χ3n) is 4.16. The molecule has 2 heterocycles. The number of nitrogens with zero attached hydrogens (tertiary/aromatic N) is 5. The van der Waals surface area contributed by atoms with E-state index in [1.807, 2.05) is 22.5 Å². The Morgan fingerprint density at radius 1 is 1.46 bits per heavy atom. The van der Waals surface area contributed by atoms with Crippen LogP contribution in [0.15, 0.2) is 18.2 Å². The zero-order valence-corrected chi connectivity index (χ0v) is 14.2. The Kier molecular flexibility index (Phi) is 4.63. The van der Waals surface area contributed by atoms with Gasteiger partial charge in [0.05, 0.1) is 4.92 Å². The molecule has 0 amide bonds. The number of fused-ring (bicyclic) bond motifs is 1. The Bertz CT molecular complexity index is 829. The molecule has 3 rings (SSSR count). The van der Waals surface area contributed by atoms with Crippen molar-refractivity contribution in [2.75, 3.05) is 11.4 Å². The van der Waals surface area contributed by atoms with Gasteiger partial charge in [0, 0.05) is 30.9 Å². The fraction of sp³-hybridized carbons (Fsp3) is 0.467. The molecule has 128 valence electrons. The molecule has 0 atom stereocenters. The summed E-state index contributed by atoms with van der Waals surface area (Å²) < 4.78 is 4.06. The number of non-ortho nitro benzene ring substituents is 1. The minimum absolute atomic E-state index is 0.0804. The van der Waals surface area contributed by atoms with Gasteiger partial charge in [-0.15, -0.1) is 0 Å². The second kappa shape index (κ2) is 6.70. The Morgan fingerprint density at radius 2 is 2.25 bits per heavy atom. The molecule has 0 spiro atoms. The molecule has 0 saturated carbocycles. The molecule has 0 aliphatic carbocycles. The molecule has 0 unspecified atom stereocenters. The van der Waals surface area contributed by atoms with Gasteiger partial charge < -0.3 is 14.6 Å². The van der Waals surface area contributed by atoms with E-state index in [-0.39, 0.29) is 17.2 Å². The van der Waals surface area contributed by atoms with Crippen molar-refractivity contribution in [3.8, 4) is 0 Å². The van der Waals surface area contributed by atoms with Gasteiger partial charge in [-0.1, -0.05) is 13.0 Å². The van der Waals surface area contributed by atoms with Crippen LogP contribution in [0.2, 0.25) is 0 Å². The van der Waals surface area contributed by atoms with E-state index in [9.17, 15) is 15.2 Å². The average molecular weight is 349 g/mol. The molecule has 0 bridgehead atoms. The summed E-state index contributed by atoms with van der Waals surface area (Å²) in [7, 11) is 0. The van der Waals surface area contributed by atoms with Crippen LogP contribution in [0.3, 0.4) is 0 Å². The lowest BCUT2D eigenvalue weighted by Crippen LogP contribution is -2.25. The van der Waals surface area contributed by atoms with Crippen molar-refractivity contribution in [1.82, 2.24) is 14.3 Å². The molecule has 0 saturated heterocycles. The molecule has 1 aliphatic rings. The van der Waals surface area contributed by atoms with Crippen LogP contribution in [0.25, 0.3) is 0 Å². The first-order chi connectivity index (χ1) is 11.5. The highest BCUT2D eigenvalue weighted by Gasteiger charge is 2.23. The van der Waals surface area contributed by atoms with Gasteiger partial charge in [-0.05, 0) is 30.6 Å². The van der Waals surface area contributed by atoms with Gasteiger partial charge in [0.25, 0.3) is 5.69 Å². The monoisotopic (exact) mass is 349 g/mol. The number of aromatic nitrogens is 3. The first-order valence-corrected chi connectivity index (χ1v) is 8.25. The van der Waals surface area contributed by atoms with Crippen molar-refractivity contribution in [2.24, 2.45) is 0 Å². The van der Waals surface area contributed by atoms with Crippen molar-refractivity contribution in [2.45, 2.75) is 39.6 Å². The summed E-state index contributed by atoms with van der Waals surface area (Å²) in [4.78, 5) is 12.6. The lowest BCUT2D eigenvalue weighted by molar-refractivity contribution is -0.384. The minimum atomic E-state index is -0.387. The van der Waals surface area contributed by atoms with E-state index in [1.165, 1.54) is 6.07 Å². The van der Waals surface area contributed by atoms with Crippen LogP contribution in [0.5, 0.6) is 0 Å². The first kappa shape index (κ1) is 16.6. The topological polar surface area (TPSA) is 89.4 Å². The zero-order chi connectivity index (χ0) is 17.3. The van der Waals surface area contributed by atoms with E-state index >= 15 is 0 Å². The van der Waals surface area contributed by atoms with E-state index in [0.29, 0.717) is 23.8 Å². The number of hydrogen-bond donors (Lipinski definition) is 1. The predicted octanol–water partition coefficient (Wildman–Crippen LogP) is 2.24.